The average molecular weight is 282 g/mol. The Morgan fingerprint density at radius 2 is 1.86 bits per heavy atom. The van der Waals surface area contributed by atoms with Crippen LogP contribution < -0.4 is 10.6 Å². The number of nitrogens with zero attached hydrogens (tertiary/aromatic N) is 2. The highest BCUT2D eigenvalue weighted by atomic mass is 15.2. The maximum atomic E-state index is 4.59. The Morgan fingerprint density at radius 3 is 2.57 bits per heavy atom. The Labute approximate surface area is 126 Å². The van der Waals surface area contributed by atoms with Gasteiger partial charge in [0.15, 0.2) is 5.96 Å². The van der Waals surface area contributed by atoms with Gasteiger partial charge in [0.05, 0.1) is 6.54 Å². The lowest BCUT2D eigenvalue weighted by atomic mass is 10.2. The van der Waals surface area contributed by atoms with Gasteiger partial charge in [-0.3, -0.25) is 4.98 Å². The summed E-state index contributed by atoms with van der Waals surface area (Å²) in [5.74, 6) is 0.852. The Hall–Kier alpha value is -2.36. The topological polar surface area (TPSA) is 49.3 Å². The molecule has 0 aliphatic heterocycles. The van der Waals surface area contributed by atoms with Crippen molar-refractivity contribution >= 4 is 5.96 Å². The zero-order valence-electron chi connectivity index (χ0n) is 12.4. The molecule has 110 valence electrons. The molecule has 2 aromatic rings. The van der Waals surface area contributed by atoms with Gasteiger partial charge in [0.25, 0.3) is 0 Å². The van der Waals surface area contributed by atoms with E-state index in [0.29, 0.717) is 6.54 Å². The van der Waals surface area contributed by atoms with Crippen molar-refractivity contribution in [1.82, 2.24) is 15.6 Å². The normalized spacial score (nSPS) is 11.2. The molecule has 1 heterocycles. The van der Waals surface area contributed by atoms with E-state index in [1.54, 1.807) is 6.20 Å². The molecule has 0 aliphatic carbocycles. The summed E-state index contributed by atoms with van der Waals surface area (Å²) in [6, 6.07) is 14.3. The predicted octanol–water partition coefficient (Wildman–Crippen LogP) is 2.38. The molecule has 0 fully saturated rings. The van der Waals surface area contributed by atoms with E-state index in [1.165, 1.54) is 11.1 Å². The molecule has 2 rings (SSSR count). The minimum atomic E-state index is 0.684. The van der Waals surface area contributed by atoms with Crippen LogP contribution in [0.4, 0.5) is 0 Å². The second kappa shape index (κ2) is 8.74. The number of hydrogen-bond donors (Lipinski definition) is 2. The molecule has 0 aliphatic rings. The molecule has 0 radical (unpaired) electrons. The van der Waals surface area contributed by atoms with Crippen molar-refractivity contribution < 1.29 is 0 Å². The predicted molar refractivity (Wildman–Crippen MR) is 87.2 cm³/mol. The summed E-state index contributed by atoms with van der Waals surface area (Å²) in [5.41, 5.74) is 2.44. The summed E-state index contributed by atoms with van der Waals surface area (Å²) in [6.07, 6.45) is 4.63. The zero-order valence-corrected chi connectivity index (χ0v) is 12.4. The van der Waals surface area contributed by atoms with Gasteiger partial charge in [-0.05, 0) is 30.5 Å². The molecule has 0 unspecified atom stereocenters. The third-order valence-electron chi connectivity index (χ3n) is 3.04. The van der Waals surface area contributed by atoms with E-state index in [0.717, 1.165) is 25.5 Å². The lowest BCUT2D eigenvalue weighted by Crippen LogP contribution is -2.38. The fraction of sp³-hybridized carbons (Fsp3) is 0.294. The standard InChI is InChI=1S/C17H22N4/c1-2-19-17(21-14-15-7-4-3-5-8-15)20-12-10-16-9-6-11-18-13-16/h3-9,11,13H,2,10,12,14H2,1H3,(H2,19,20,21). The molecule has 0 saturated heterocycles. The maximum Gasteiger partial charge on any atom is 0.191 e. The van der Waals surface area contributed by atoms with Crippen molar-refractivity contribution in [3.8, 4) is 0 Å². The number of guanidine groups is 1. The van der Waals surface area contributed by atoms with Crippen LogP contribution in [-0.4, -0.2) is 24.0 Å². The van der Waals surface area contributed by atoms with E-state index in [9.17, 15) is 0 Å². The summed E-state index contributed by atoms with van der Waals surface area (Å²) in [5, 5.41) is 6.61. The molecule has 1 aromatic carbocycles. The van der Waals surface area contributed by atoms with Crippen LogP contribution in [0.1, 0.15) is 18.1 Å². The Kier molecular flexibility index (Phi) is 6.26. The van der Waals surface area contributed by atoms with Crippen molar-refractivity contribution in [2.45, 2.75) is 19.9 Å². The summed E-state index contributed by atoms with van der Waals surface area (Å²) in [7, 11) is 0. The molecule has 21 heavy (non-hydrogen) atoms. The number of aliphatic imine (C=N–C) groups is 1. The van der Waals surface area contributed by atoms with E-state index in [2.05, 4.69) is 45.7 Å². The van der Waals surface area contributed by atoms with Gasteiger partial charge in [-0.25, -0.2) is 4.99 Å². The molecule has 0 spiro atoms. The molecule has 1 aromatic heterocycles. The van der Waals surface area contributed by atoms with Gasteiger partial charge in [0, 0.05) is 25.5 Å². The molecule has 2 N–H and O–H groups in total. The van der Waals surface area contributed by atoms with Gasteiger partial charge in [-0.1, -0.05) is 36.4 Å². The third kappa shape index (κ3) is 5.65. The van der Waals surface area contributed by atoms with Crippen LogP contribution in [0.15, 0.2) is 59.9 Å². The van der Waals surface area contributed by atoms with Crippen LogP contribution in [-0.2, 0) is 13.0 Å². The van der Waals surface area contributed by atoms with Crippen molar-refractivity contribution in [2.75, 3.05) is 13.1 Å². The number of aromatic nitrogens is 1. The molecule has 0 saturated carbocycles. The second-order valence-corrected chi connectivity index (χ2v) is 4.72. The summed E-state index contributed by atoms with van der Waals surface area (Å²) >= 11 is 0. The number of rotatable bonds is 6. The molecular formula is C17H22N4. The van der Waals surface area contributed by atoms with Crippen LogP contribution in [0.3, 0.4) is 0 Å². The number of benzene rings is 1. The van der Waals surface area contributed by atoms with E-state index >= 15 is 0 Å². The van der Waals surface area contributed by atoms with Gasteiger partial charge in [0.2, 0.25) is 0 Å². The Morgan fingerprint density at radius 1 is 1.05 bits per heavy atom. The minimum Gasteiger partial charge on any atom is -0.357 e. The molecule has 4 nitrogen and oxygen atoms in total. The fourth-order valence-electron chi connectivity index (χ4n) is 1.97. The van der Waals surface area contributed by atoms with Crippen LogP contribution >= 0.6 is 0 Å². The lowest BCUT2D eigenvalue weighted by Gasteiger charge is -2.11. The molecule has 0 atom stereocenters. The highest BCUT2D eigenvalue weighted by Gasteiger charge is 1.98. The van der Waals surface area contributed by atoms with Crippen molar-refractivity contribution in [2.24, 2.45) is 4.99 Å². The first-order valence-electron chi connectivity index (χ1n) is 7.33. The van der Waals surface area contributed by atoms with E-state index in [-0.39, 0.29) is 0 Å². The van der Waals surface area contributed by atoms with Gasteiger partial charge in [-0.2, -0.15) is 0 Å². The molecule has 0 bridgehead atoms. The number of hydrogen-bond acceptors (Lipinski definition) is 2. The van der Waals surface area contributed by atoms with E-state index in [4.69, 9.17) is 0 Å². The summed E-state index contributed by atoms with van der Waals surface area (Å²) < 4.78 is 0. The minimum absolute atomic E-state index is 0.684. The first-order chi connectivity index (χ1) is 10.4. The van der Waals surface area contributed by atoms with E-state index < -0.39 is 0 Å². The quantitative estimate of drug-likeness (QED) is 0.632. The smallest absolute Gasteiger partial charge is 0.191 e. The SMILES string of the molecule is CCNC(=NCc1ccccc1)NCCc1cccnc1. The molecule has 0 amide bonds. The van der Waals surface area contributed by atoms with Crippen molar-refractivity contribution in [1.29, 1.82) is 0 Å². The summed E-state index contributed by atoms with van der Waals surface area (Å²) in [6.45, 7) is 4.45. The third-order valence-corrected chi connectivity index (χ3v) is 3.04. The molecule has 4 heteroatoms. The second-order valence-electron chi connectivity index (χ2n) is 4.72. The monoisotopic (exact) mass is 282 g/mol. The van der Waals surface area contributed by atoms with Crippen LogP contribution in [0, 0.1) is 0 Å². The zero-order chi connectivity index (χ0) is 14.8. The highest BCUT2D eigenvalue weighted by molar-refractivity contribution is 5.79. The largest absolute Gasteiger partial charge is 0.357 e. The first kappa shape index (κ1) is 15.0. The summed E-state index contributed by atoms with van der Waals surface area (Å²) in [4.78, 5) is 8.71. The Bertz CT molecular complexity index is 537. The average Bonchev–Trinajstić information content (AvgIpc) is 2.54. The van der Waals surface area contributed by atoms with E-state index in [1.807, 2.05) is 30.5 Å². The fourth-order valence-corrected chi connectivity index (χ4v) is 1.97. The van der Waals surface area contributed by atoms with Gasteiger partial charge < -0.3 is 10.6 Å². The van der Waals surface area contributed by atoms with Crippen molar-refractivity contribution in [3.63, 3.8) is 0 Å². The van der Waals surface area contributed by atoms with Crippen LogP contribution in [0.25, 0.3) is 0 Å². The number of nitrogens with one attached hydrogen (secondary N) is 2. The van der Waals surface area contributed by atoms with Gasteiger partial charge >= 0.3 is 0 Å². The van der Waals surface area contributed by atoms with Crippen LogP contribution in [0.5, 0.6) is 0 Å². The van der Waals surface area contributed by atoms with Gasteiger partial charge in [0.1, 0.15) is 0 Å². The first-order valence-corrected chi connectivity index (χ1v) is 7.33. The van der Waals surface area contributed by atoms with Gasteiger partial charge in [-0.15, -0.1) is 0 Å². The maximum absolute atomic E-state index is 4.59. The van der Waals surface area contributed by atoms with Crippen LogP contribution in [0.2, 0.25) is 0 Å². The number of pyridine rings is 1. The van der Waals surface area contributed by atoms with Crippen molar-refractivity contribution in [3.05, 3.63) is 66.0 Å². The highest BCUT2D eigenvalue weighted by Crippen LogP contribution is 2.00. The lowest BCUT2D eigenvalue weighted by molar-refractivity contribution is 0.798. The molecular weight excluding hydrogens is 260 g/mol. The Balaban J connectivity index is 1.84.